The van der Waals surface area contributed by atoms with Gasteiger partial charge in [-0.25, -0.2) is 4.90 Å². The molecule has 0 unspecified atom stereocenters. The number of hydrogen-bond acceptors (Lipinski definition) is 3. The van der Waals surface area contributed by atoms with E-state index < -0.39 is 0 Å². The van der Waals surface area contributed by atoms with Gasteiger partial charge < -0.3 is 4.90 Å². The first-order chi connectivity index (χ1) is 14.5. The molecular formula is C26H24N2O2. The Morgan fingerprint density at radius 2 is 1.40 bits per heavy atom. The van der Waals surface area contributed by atoms with Crippen LogP contribution in [0.15, 0.2) is 84.6 Å². The molecule has 0 radical (unpaired) electrons. The third kappa shape index (κ3) is 3.30. The van der Waals surface area contributed by atoms with Gasteiger partial charge in [-0.05, 0) is 61.7 Å². The van der Waals surface area contributed by atoms with Crippen molar-refractivity contribution in [2.75, 3.05) is 16.3 Å². The Balaban J connectivity index is 1.93. The molecule has 0 saturated heterocycles. The van der Waals surface area contributed by atoms with E-state index >= 15 is 0 Å². The number of nitrogens with zero attached hydrogens (tertiary/aromatic N) is 2. The van der Waals surface area contributed by atoms with E-state index in [4.69, 9.17) is 0 Å². The van der Waals surface area contributed by atoms with Crippen LogP contribution in [0.2, 0.25) is 0 Å². The minimum absolute atomic E-state index is 0.293. The van der Waals surface area contributed by atoms with Crippen LogP contribution in [0.1, 0.15) is 23.6 Å². The quantitative estimate of drug-likeness (QED) is 0.563. The average molecular weight is 396 g/mol. The summed E-state index contributed by atoms with van der Waals surface area (Å²) in [6.07, 6.45) is 0. The van der Waals surface area contributed by atoms with Crippen LogP contribution in [-0.4, -0.2) is 18.4 Å². The van der Waals surface area contributed by atoms with Crippen LogP contribution in [-0.2, 0) is 9.59 Å². The van der Waals surface area contributed by atoms with Crippen LogP contribution >= 0.6 is 0 Å². The van der Waals surface area contributed by atoms with Crippen molar-refractivity contribution in [2.45, 2.75) is 20.8 Å². The maximum atomic E-state index is 13.6. The maximum absolute atomic E-state index is 13.6. The van der Waals surface area contributed by atoms with Crippen LogP contribution in [0.4, 0.5) is 11.4 Å². The summed E-state index contributed by atoms with van der Waals surface area (Å²) in [6.45, 7) is 6.61. The van der Waals surface area contributed by atoms with Gasteiger partial charge in [-0.15, -0.1) is 0 Å². The number of likely N-dealkylation sites (N-methyl/N-ethyl adjacent to an activating group) is 1. The fraction of sp³-hybridized carbons (Fsp3) is 0.154. The molecule has 0 bridgehead atoms. The Bertz CT molecular complexity index is 1130. The van der Waals surface area contributed by atoms with Gasteiger partial charge in [0.2, 0.25) is 0 Å². The highest BCUT2D eigenvalue weighted by molar-refractivity contribution is 6.46. The summed E-state index contributed by atoms with van der Waals surface area (Å²) in [5.74, 6) is -0.594. The minimum atomic E-state index is -0.301. The number of hydrogen-bond donors (Lipinski definition) is 0. The van der Waals surface area contributed by atoms with Gasteiger partial charge in [0.25, 0.3) is 11.8 Å². The minimum Gasteiger partial charge on any atom is -0.337 e. The summed E-state index contributed by atoms with van der Waals surface area (Å²) in [5, 5.41) is 0. The highest BCUT2D eigenvalue weighted by atomic mass is 16.2. The van der Waals surface area contributed by atoms with Gasteiger partial charge in [0, 0.05) is 12.2 Å². The van der Waals surface area contributed by atoms with Crippen LogP contribution < -0.4 is 9.80 Å². The maximum Gasteiger partial charge on any atom is 0.282 e. The van der Waals surface area contributed by atoms with Crippen molar-refractivity contribution < 1.29 is 9.59 Å². The lowest BCUT2D eigenvalue weighted by Gasteiger charge is -2.25. The molecule has 4 heteroatoms. The van der Waals surface area contributed by atoms with E-state index in [0.717, 1.165) is 22.4 Å². The molecule has 0 aliphatic carbocycles. The number of imide groups is 1. The SMILES string of the molecule is CCN(C1=C(c2ccc(C)c(C)c2)C(=O)N(c2ccccc2)C1=O)c1ccccc1. The lowest BCUT2D eigenvalue weighted by molar-refractivity contribution is -0.120. The molecule has 3 aromatic carbocycles. The third-order valence-corrected chi connectivity index (χ3v) is 5.52. The van der Waals surface area contributed by atoms with Crippen molar-refractivity contribution in [2.24, 2.45) is 0 Å². The van der Waals surface area contributed by atoms with Gasteiger partial charge in [0.15, 0.2) is 0 Å². The highest BCUT2D eigenvalue weighted by Gasteiger charge is 2.42. The zero-order chi connectivity index (χ0) is 21.3. The van der Waals surface area contributed by atoms with Crippen molar-refractivity contribution in [3.8, 4) is 0 Å². The number of benzene rings is 3. The molecule has 0 saturated carbocycles. The van der Waals surface area contributed by atoms with Crippen LogP contribution in [0, 0.1) is 13.8 Å². The van der Waals surface area contributed by atoms with Crippen LogP contribution in [0.3, 0.4) is 0 Å². The molecule has 2 amide bonds. The topological polar surface area (TPSA) is 40.6 Å². The van der Waals surface area contributed by atoms with Crippen LogP contribution in [0.25, 0.3) is 5.57 Å². The van der Waals surface area contributed by atoms with Gasteiger partial charge >= 0.3 is 0 Å². The zero-order valence-corrected chi connectivity index (χ0v) is 17.4. The van der Waals surface area contributed by atoms with E-state index in [-0.39, 0.29) is 11.8 Å². The lowest BCUT2D eigenvalue weighted by Crippen LogP contribution is -2.35. The van der Waals surface area contributed by atoms with Crippen LogP contribution in [0.5, 0.6) is 0 Å². The molecule has 1 aliphatic rings. The van der Waals surface area contributed by atoms with Crippen molar-refractivity contribution >= 4 is 28.8 Å². The van der Waals surface area contributed by atoms with Gasteiger partial charge in [-0.3, -0.25) is 9.59 Å². The molecule has 4 nitrogen and oxygen atoms in total. The van der Waals surface area contributed by atoms with E-state index in [1.54, 1.807) is 12.1 Å². The van der Waals surface area contributed by atoms with E-state index in [2.05, 4.69) is 0 Å². The molecule has 1 aliphatic heterocycles. The monoisotopic (exact) mass is 396 g/mol. The second-order valence-corrected chi connectivity index (χ2v) is 7.38. The Kier molecular flexibility index (Phi) is 5.23. The molecule has 0 aromatic heterocycles. The summed E-state index contributed by atoms with van der Waals surface area (Å²) in [7, 11) is 0. The van der Waals surface area contributed by atoms with Gasteiger partial charge in [0.1, 0.15) is 5.70 Å². The highest BCUT2D eigenvalue weighted by Crippen LogP contribution is 2.37. The van der Waals surface area contributed by atoms with Gasteiger partial charge in [0.05, 0.1) is 11.3 Å². The summed E-state index contributed by atoms with van der Waals surface area (Å²) in [6, 6.07) is 24.7. The molecule has 4 rings (SSSR count). The number of aryl methyl sites for hydroxylation is 2. The zero-order valence-electron chi connectivity index (χ0n) is 17.4. The smallest absolute Gasteiger partial charge is 0.282 e. The normalized spacial score (nSPS) is 13.9. The Morgan fingerprint density at radius 1 is 0.767 bits per heavy atom. The molecule has 0 atom stereocenters. The summed E-state index contributed by atoms with van der Waals surface area (Å²) in [4.78, 5) is 30.4. The Hall–Kier alpha value is -3.66. The standard InChI is InChI=1S/C26H24N2O2/c1-4-27(21-11-7-5-8-12-21)24-23(20-16-15-18(2)19(3)17-20)25(29)28(26(24)30)22-13-9-6-10-14-22/h5-17H,4H2,1-3H3. The molecule has 1 heterocycles. The van der Waals surface area contributed by atoms with Crippen molar-refractivity contribution in [3.05, 3.63) is 101 Å². The summed E-state index contributed by atoms with van der Waals surface area (Å²) in [5.41, 5.74) is 5.31. The number of anilines is 2. The number of amides is 2. The number of rotatable bonds is 5. The lowest BCUT2D eigenvalue weighted by atomic mass is 9.99. The van der Waals surface area contributed by atoms with Crippen molar-refractivity contribution in [3.63, 3.8) is 0 Å². The Morgan fingerprint density at radius 3 is 2.00 bits per heavy atom. The number of carbonyl (C=O) groups is 2. The summed E-state index contributed by atoms with van der Waals surface area (Å²) < 4.78 is 0. The van der Waals surface area contributed by atoms with E-state index in [0.29, 0.717) is 23.5 Å². The van der Waals surface area contributed by atoms with E-state index in [1.807, 2.05) is 92.4 Å². The molecular weight excluding hydrogens is 372 g/mol. The molecule has 0 spiro atoms. The second kappa shape index (κ2) is 7.99. The predicted octanol–water partition coefficient (Wildman–Crippen LogP) is 5.11. The largest absolute Gasteiger partial charge is 0.337 e. The predicted molar refractivity (Wildman–Crippen MR) is 121 cm³/mol. The van der Waals surface area contributed by atoms with E-state index in [1.165, 1.54) is 4.90 Å². The molecule has 3 aromatic rings. The first kappa shape index (κ1) is 19.6. The summed E-state index contributed by atoms with van der Waals surface area (Å²) >= 11 is 0. The number of para-hydroxylation sites is 2. The number of carbonyl (C=O) groups excluding carboxylic acids is 2. The first-order valence-corrected chi connectivity index (χ1v) is 10.1. The Labute approximate surface area is 177 Å². The average Bonchev–Trinajstić information content (AvgIpc) is 3.02. The molecule has 0 fully saturated rings. The second-order valence-electron chi connectivity index (χ2n) is 7.38. The fourth-order valence-electron chi connectivity index (χ4n) is 3.81. The van der Waals surface area contributed by atoms with Gasteiger partial charge in [-0.1, -0.05) is 54.6 Å². The van der Waals surface area contributed by atoms with Crippen molar-refractivity contribution in [1.82, 2.24) is 0 Å². The van der Waals surface area contributed by atoms with E-state index in [9.17, 15) is 9.59 Å². The first-order valence-electron chi connectivity index (χ1n) is 10.1. The van der Waals surface area contributed by atoms with Crippen molar-refractivity contribution in [1.29, 1.82) is 0 Å². The molecule has 30 heavy (non-hydrogen) atoms. The molecule has 150 valence electrons. The molecule has 0 N–H and O–H groups in total. The van der Waals surface area contributed by atoms with Gasteiger partial charge in [-0.2, -0.15) is 0 Å². The third-order valence-electron chi connectivity index (χ3n) is 5.52. The fourth-order valence-corrected chi connectivity index (χ4v) is 3.81.